The molecule has 0 aliphatic rings. The molecule has 3 heteroatoms. The van der Waals surface area contributed by atoms with Crippen LogP contribution < -0.4 is 0 Å². The van der Waals surface area contributed by atoms with Crippen LogP contribution in [0.3, 0.4) is 0 Å². The van der Waals surface area contributed by atoms with Crippen molar-refractivity contribution >= 4 is 0 Å². The number of rotatable bonds is 4. The van der Waals surface area contributed by atoms with Crippen molar-refractivity contribution < 1.29 is 0 Å². The smallest absolute Gasteiger partial charge is 0.157 e. The van der Waals surface area contributed by atoms with Gasteiger partial charge >= 0.3 is 0 Å². The highest BCUT2D eigenvalue weighted by Gasteiger charge is 2.12. The van der Waals surface area contributed by atoms with Crippen LogP contribution in [0.2, 0.25) is 0 Å². The van der Waals surface area contributed by atoms with Gasteiger partial charge in [0.2, 0.25) is 0 Å². The van der Waals surface area contributed by atoms with Crippen molar-refractivity contribution in [2.24, 2.45) is 5.18 Å². The van der Waals surface area contributed by atoms with Crippen molar-refractivity contribution in [2.75, 3.05) is 19.6 Å². The van der Waals surface area contributed by atoms with E-state index in [0.29, 0.717) is 6.54 Å². The van der Waals surface area contributed by atoms with Gasteiger partial charge in [-0.25, -0.2) is 0 Å². The third-order valence-corrected chi connectivity index (χ3v) is 1.82. The van der Waals surface area contributed by atoms with Crippen LogP contribution >= 0.6 is 0 Å². The predicted octanol–water partition coefficient (Wildman–Crippen LogP) is 1.88. The summed E-state index contributed by atoms with van der Waals surface area (Å²) in [6.45, 7) is 10.3. The highest BCUT2D eigenvalue weighted by Crippen LogP contribution is 2.04. The Labute approximate surface area is 80.5 Å². The fraction of sp³-hybridized carbons (Fsp3) is 0.800. The summed E-state index contributed by atoms with van der Waals surface area (Å²) in [5.41, 5.74) is -0.743. The number of nitroso groups, excluding NO2 is 1. The molecule has 0 aromatic carbocycles. The second kappa shape index (κ2) is 5.71. The molecule has 0 aliphatic heterocycles. The molecular formula is C10H18N2O. The molecule has 0 spiro atoms. The van der Waals surface area contributed by atoms with Gasteiger partial charge in [-0.05, 0) is 26.9 Å². The van der Waals surface area contributed by atoms with Gasteiger partial charge in [-0.15, -0.1) is 4.91 Å². The van der Waals surface area contributed by atoms with Gasteiger partial charge in [0.05, 0.1) is 6.54 Å². The summed E-state index contributed by atoms with van der Waals surface area (Å²) in [5, 5.41) is 2.93. The van der Waals surface area contributed by atoms with E-state index in [1.54, 1.807) is 13.8 Å². The van der Waals surface area contributed by atoms with E-state index < -0.39 is 5.54 Å². The lowest BCUT2D eigenvalue weighted by Gasteiger charge is -2.13. The molecule has 0 saturated heterocycles. The fourth-order valence-electron chi connectivity index (χ4n) is 0.838. The van der Waals surface area contributed by atoms with Crippen LogP contribution in [0, 0.1) is 16.7 Å². The minimum atomic E-state index is -0.743. The maximum absolute atomic E-state index is 10.3. The molecule has 74 valence electrons. The predicted molar refractivity (Wildman–Crippen MR) is 55.4 cm³/mol. The first kappa shape index (κ1) is 12.1. The van der Waals surface area contributed by atoms with E-state index in [9.17, 15) is 4.91 Å². The average Bonchev–Trinajstić information content (AvgIpc) is 2.12. The fourth-order valence-corrected chi connectivity index (χ4v) is 0.838. The Balaban J connectivity index is 4.04. The van der Waals surface area contributed by atoms with E-state index in [4.69, 9.17) is 0 Å². The second-order valence-corrected chi connectivity index (χ2v) is 3.41. The Morgan fingerprint density at radius 3 is 2.23 bits per heavy atom. The molecule has 0 aliphatic carbocycles. The molecule has 0 rings (SSSR count). The SMILES string of the molecule is CCN(CC)CC#CC(C)(C)N=O. The van der Waals surface area contributed by atoms with Gasteiger partial charge in [0.25, 0.3) is 0 Å². The molecule has 0 bridgehead atoms. The van der Waals surface area contributed by atoms with Gasteiger partial charge in [-0.1, -0.05) is 30.9 Å². The van der Waals surface area contributed by atoms with Gasteiger partial charge in [0.1, 0.15) is 0 Å². The summed E-state index contributed by atoms with van der Waals surface area (Å²) in [7, 11) is 0. The third-order valence-electron chi connectivity index (χ3n) is 1.82. The Kier molecular flexibility index (Phi) is 5.33. The zero-order chi connectivity index (χ0) is 10.3. The molecule has 0 radical (unpaired) electrons. The van der Waals surface area contributed by atoms with Crippen molar-refractivity contribution in [3.8, 4) is 11.8 Å². The quantitative estimate of drug-likeness (QED) is 0.491. The molecule has 0 amide bonds. The summed E-state index contributed by atoms with van der Waals surface area (Å²) in [4.78, 5) is 12.5. The van der Waals surface area contributed by atoms with Gasteiger partial charge < -0.3 is 0 Å². The summed E-state index contributed by atoms with van der Waals surface area (Å²) < 4.78 is 0. The summed E-state index contributed by atoms with van der Waals surface area (Å²) in [6.07, 6.45) is 0. The zero-order valence-corrected chi connectivity index (χ0v) is 8.92. The van der Waals surface area contributed by atoms with E-state index in [1.807, 2.05) is 0 Å². The molecule has 0 aromatic rings. The Morgan fingerprint density at radius 2 is 1.85 bits per heavy atom. The monoisotopic (exact) mass is 182 g/mol. The van der Waals surface area contributed by atoms with Crippen molar-refractivity contribution in [2.45, 2.75) is 33.2 Å². The Morgan fingerprint density at radius 1 is 1.31 bits per heavy atom. The second-order valence-electron chi connectivity index (χ2n) is 3.41. The van der Waals surface area contributed by atoms with E-state index in [2.05, 4.69) is 35.8 Å². The van der Waals surface area contributed by atoms with Gasteiger partial charge in [-0.3, -0.25) is 4.90 Å². The molecule has 13 heavy (non-hydrogen) atoms. The third kappa shape index (κ3) is 5.37. The van der Waals surface area contributed by atoms with Crippen LogP contribution in [0.25, 0.3) is 0 Å². The largest absolute Gasteiger partial charge is 0.293 e. The lowest BCUT2D eigenvalue weighted by atomic mass is 10.1. The number of hydrogen-bond acceptors (Lipinski definition) is 3. The molecule has 0 atom stereocenters. The molecule has 3 nitrogen and oxygen atoms in total. The first-order chi connectivity index (χ1) is 6.05. The molecule has 0 heterocycles. The Bertz CT molecular complexity index is 209. The normalized spacial score (nSPS) is 10.8. The van der Waals surface area contributed by atoms with Gasteiger partial charge in [0, 0.05) is 0 Å². The van der Waals surface area contributed by atoms with Crippen LogP contribution in [0.5, 0.6) is 0 Å². The first-order valence-electron chi connectivity index (χ1n) is 4.62. The molecule has 0 unspecified atom stereocenters. The van der Waals surface area contributed by atoms with Crippen LogP contribution in [0.4, 0.5) is 0 Å². The van der Waals surface area contributed by atoms with Crippen molar-refractivity contribution in [1.82, 2.24) is 4.90 Å². The standard InChI is InChI=1S/C10H18N2O/c1-5-12(6-2)9-7-8-10(3,4)11-13/h5-6,9H2,1-4H3. The van der Waals surface area contributed by atoms with Crippen molar-refractivity contribution in [3.05, 3.63) is 4.91 Å². The van der Waals surface area contributed by atoms with Crippen molar-refractivity contribution in [1.29, 1.82) is 0 Å². The Hall–Kier alpha value is -0.880. The molecule has 0 aromatic heterocycles. The minimum Gasteiger partial charge on any atom is -0.293 e. The van der Waals surface area contributed by atoms with Crippen molar-refractivity contribution in [3.63, 3.8) is 0 Å². The van der Waals surface area contributed by atoms with Crippen LogP contribution in [0.15, 0.2) is 5.18 Å². The van der Waals surface area contributed by atoms with E-state index in [-0.39, 0.29) is 0 Å². The van der Waals surface area contributed by atoms with Gasteiger partial charge in [0.15, 0.2) is 5.54 Å². The maximum atomic E-state index is 10.3. The van der Waals surface area contributed by atoms with E-state index in [1.165, 1.54) is 0 Å². The summed E-state index contributed by atoms with van der Waals surface area (Å²) >= 11 is 0. The summed E-state index contributed by atoms with van der Waals surface area (Å²) in [6, 6.07) is 0. The lowest BCUT2D eigenvalue weighted by Crippen LogP contribution is -2.23. The van der Waals surface area contributed by atoms with Crippen LogP contribution in [-0.2, 0) is 0 Å². The topological polar surface area (TPSA) is 32.7 Å². The van der Waals surface area contributed by atoms with E-state index in [0.717, 1.165) is 13.1 Å². The molecular weight excluding hydrogens is 164 g/mol. The first-order valence-corrected chi connectivity index (χ1v) is 4.62. The highest BCUT2D eigenvalue weighted by molar-refractivity contribution is 5.15. The molecule has 0 N–H and O–H groups in total. The zero-order valence-electron chi connectivity index (χ0n) is 8.92. The highest BCUT2D eigenvalue weighted by atomic mass is 16.3. The summed E-state index contributed by atoms with van der Waals surface area (Å²) in [5.74, 6) is 5.80. The van der Waals surface area contributed by atoms with Crippen LogP contribution in [0.1, 0.15) is 27.7 Å². The maximum Gasteiger partial charge on any atom is 0.157 e. The lowest BCUT2D eigenvalue weighted by molar-refractivity contribution is 0.342. The van der Waals surface area contributed by atoms with Gasteiger partial charge in [-0.2, -0.15) is 0 Å². The average molecular weight is 182 g/mol. The minimum absolute atomic E-state index is 0.714. The van der Waals surface area contributed by atoms with Crippen LogP contribution in [-0.4, -0.2) is 30.1 Å². The molecule has 0 saturated carbocycles. The number of nitrogens with zero attached hydrogens (tertiary/aromatic N) is 2. The van der Waals surface area contributed by atoms with E-state index >= 15 is 0 Å². The number of hydrogen-bond donors (Lipinski definition) is 0. The molecule has 0 fully saturated rings.